The van der Waals surface area contributed by atoms with Crippen molar-refractivity contribution in [2.24, 2.45) is 0 Å². The molecule has 1 aliphatic heterocycles. The van der Waals surface area contributed by atoms with Crippen LogP contribution in [0.15, 0.2) is 58.5 Å². The first-order chi connectivity index (χ1) is 14.7. The number of carbonyl (C=O) groups excluding carboxylic acids is 1. The molecular weight excluding hydrogens is 458 g/mol. The minimum atomic E-state index is -3.09. The van der Waals surface area contributed by atoms with Gasteiger partial charge in [-0.25, -0.2) is 13.4 Å². The van der Waals surface area contributed by atoms with E-state index in [1.807, 2.05) is 0 Å². The lowest BCUT2D eigenvalue weighted by molar-refractivity contribution is -0.128. The number of halogens is 1. The van der Waals surface area contributed by atoms with Crippen molar-refractivity contribution in [3.05, 3.63) is 63.9 Å². The Hall–Kier alpha value is -2.36. The number of sulfone groups is 1. The fraction of sp³-hybridized carbons (Fsp3) is 0.286. The van der Waals surface area contributed by atoms with Gasteiger partial charge >= 0.3 is 0 Å². The molecule has 162 valence electrons. The Morgan fingerprint density at radius 1 is 1.26 bits per heavy atom. The van der Waals surface area contributed by atoms with Gasteiger partial charge in [0, 0.05) is 18.1 Å². The molecule has 0 spiro atoms. The molecule has 0 N–H and O–H groups in total. The summed E-state index contributed by atoms with van der Waals surface area (Å²) in [5.41, 5.74) is 0.843. The molecule has 1 fully saturated rings. The Bertz CT molecular complexity index is 1320. The van der Waals surface area contributed by atoms with Crippen molar-refractivity contribution in [2.75, 3.05) is 24.3 Å². The van der Waals surface area contributed by atoms with Crippen LogP contribution < -0.4 is 5.56 Å². The maximum atomic E-state index is 13.2. The van der Waals surface area contributed by atoms with Crippen LogP contribution >= 0.6 is 23.4 Å². The molecule has 0 saturated carbocycles. The maximum Gasteiger partial charge on any atom is 0.266 e. The van der Waals surface area contributed by atoms with Gasteiger partial charge in [-0.1, -0.05) is 41.6 Å². The van der Waals surface area contributed by atoms with Crippen molar-refractivity contribution in [2.45, 2.75) is 17.6 Å². The zero-order valence-corrected chi connectivity index (χ0v) is 19.1. The molecule has 4 rings (SSSR count). The molecule has 0 unspecified atom stereocenters. The van der Waals surface area contributed by atoms with Gasteiger partial charge in [-0.15, -0.1) is 0 Å². The zero-order valence-electron chi connectivity index (χ0n) is 16.7. The molecule has 2 aromatic carbocycles. The average Bonchev–Trinajstić information content (AvgIpc) is 3.11. The Morgan fingerprint density at radius 2 is 2.03 bits per heavy atom. The highest BCUT2D eigenvalue weighted by Crippen LogP contribution is 2.24. The van der Waals surface area contributed by atoms with E-state index in [1.54, 1.807) is 55.6 Å². The van der Waals surface area contributed by atoms with Gasteiger partial charge in [-0.2, -0.15) is 0 Å². The fourth-order valence-electron chi connectivity index (χ4n) is 3.56. The third kappa shape index (κ3) is 4.63. The number of benzene rings is 2. The van der Waals surface area contributed by atoms with Gasteiger partial charge in [-0.3, -0.25) is 14.2 Å². The maximum absolute atomic E-state index is 13.2. The molecule has 0 aliphatic carbocycles. The number of hydrogen-bond acceptors (Lipinski definition) is 6. The third-order valence-corrected chi connectivity index (χ3v) is 8.19. The van der Waals surface area contributed by atoms with Crippen LogP contribution in [0.4, 0.5) is 0 Å². The Morgan fingerprint density at radius 3 is 2.74 bits per heavy atom. The highest BCUT2D eigenvalue weighted by molar-refractivity contribution is 7.99. The molecule has 1 aromatic heterocycles. The monoisotopic (exact) mass is 477 g/mol. The smallest absolute Gasteiger partial charge is 0.266 e. The summed E-state index contributed by atoms with van der Waals surface area (Å²) in [6.45, 7) is 0. The van der Waals surface area contributed by atoms with E-state index in [1.165, 1.54) is 9.47 Å². The third-order valence-electron chi connectivity index (χ3n) is 5.29. The summed E-state index contributed by atoms with van der Waals surface area (Å²) >= 11 is 7.27. The quantitative estimate of drug-likeness (QED) is 0.414. The minimum absolute atomic E-state index is 0.0125. The molecule has 31 heavy (non-hydrogen) atoms. The van der Waals surface area contributed by atoms with Crippen LogP contribution in [0.2, 0.25) is 5.02 Å². The zero-order chi connectivity index (χ0) is 22.2. The van der Waals surface area contributed by atoms with Gasteiger partial charge < -0.3 is 4.90 Å². The number of para-hydroxylation sites is 1. The second kappa shape index (κ2) is 8.64. The summed E-state index contributed by atoms with van der Waals surface area (Å²) in [7, 11) is -1.47. The minimum Gasteiger partial charge on any atom is -0.341 e. The molecule has 1 atom stereocenters. The summed E-state index contributed by atoms with van der Waals surface area (Å²) in [5, 5.41) is 1.31. The fourth-order valence-corrected chi connectivity index (χ4v) is 6.46. The van der Waals surface area contributed by atoms with Crippen LogP contribution in [0, 0.1) is 0 Å². The average molecular weight is 478 g/mol. The number of amides is 1. The number of hydrogen-bond donors (Lipinski definition) is 0. The largest absolute Gasteiger partial charge is 0.341 e. The molecule has 0 bridgehead atoms. The topological polar surface area (TPSA) is 89.3 Å². The summed E-state index contributed by atoms with van der Waals surface area (Å²) < 4.78 is 24.9. The van der Waals surface area contributed by atoms with Gasteiger partial charge in [-0.05, 0) is 36.8 Å². The van der Waals surface area contributed by atoms with E-state index in [0.29, 0.717) is 33.2 Å². The molecule has 1 amide bonds. The van der Waals surface area contributed by atoms with Crippen molar-refractivity contribution >= 4 is 50.0 Å². The van der Waals surface area contributed by atoms with E-state index in [0.717, 1.165) is 11.8 Å². The molecule has 1 aliphatic rings. The first kappa shape index (κ1) is 21.9. The lowest BCUT2D eigenvalue weighted by Gasteiger charge is -2.23. The Labute approximate surface area is 189 Å². The lowest BCUT2D eigenvalue weighted by Crippen LogP contribution is -2.39. The summed E-state index contributed by atoms with van der Waals surface area (Å²) in [6.07, 6.45) is 0.441. The first-order valence-corrected chi connectivity index (χ1v) is 12.8. The van der Waals surface area contributed by atoms with E-state index in [9.17, 15) is 18.0 Å². The van der Waals surface area contributed by atoms with Crippen molar-refractivity contribution in [3.63, 3.8) is 0 Å². The van der Waals surface area contributed by atoms with Crippen molar-refractivity contribution in [1.82, 2.24) is 14.5 Å². The van der Waals surface area contributed by atoms with Gasteiger partial charge in [0.05, 0.1) is 33.8 Å². The van der Waals surface area contributed by atoms with E-state index in [4.69, 9.17) is 11.6 Å². The lowest BCUT2D eigenvalue weighted by atomic mass is 10.2. The summed E-state index contributed by atoms with van der Waals surface area (Å²) in [5.74, 6) is -0.102. The molecule has 0 radical (unpaired) electrons. The molecular formula is C21H20ClN3O4S2. The van der Waals surface area contributed by atoms with E-state index >= 15 is 0 Å². The van der Waals surface area contributed by atoms with Gasteiger partial charge in [0.1, 0.15) is 0 Å². The van der Waals surface area contributed by atoms with E-state index in [-0.39, 0.29) is 34.8 Å². The van der Waals surface area contributed by atoms with Crippen LogP contribution in [0.5, 0.6) is 0 Å². The van der Waals surface area contributed by atoms with Gasteiger partial charge in [0.15, 0.2) is 15.0 Å². The van der Waals surface area contributed by atoms with Gasteiger partial charge in [0.2, 0.25) is 5.91 Å². The van der Waals surface area contributed by atoms with Gasteiger partial charge in [0.25, 0.3) is 5.56 Å². The van der Waals surface area contributed by atoms with E-state index in [2.05, 4.69) is 4.98 Å². The predicted octanol–water partition coefficient (Wildman–Crippen LogP) is 2.78. The van der Waals surface area contributed by atoms with Crippen molar-refractivity contribution in [3.8, 4) is 5.69 Å². The summed E-state index contributed by atoms with van der Waals surface area (Å²) in [6, 6.07) is 13.6. The Kier molecular flexibility index (Phi) is 6.09. The number of aromatic nitrogens is 2. The highest BCUT2D eigenvalue weighted by Gasteiger charge is 2.32. The number of nitrogens with zero attached hydrogens (tertiary/aromatic N) is 3. The number of fused-ring (bicyclic) bond motifs is 1. The second-order valence-electron chi connectivity index (χ2n) is 7.38. The standard InChI is InChI=1S/C21H20ClN3O4S2/c1-24(16-9-10-31(28,29)13-16)19(26)12-30-21-23-18-8-3-2-7-17(18)20(27)25(21)15-6-4-5-14(22)11-15/h2-8,11,16H,9-10,12-13H2,1H3/t16-/m1/s1. The highest BCUT2D eigenvalue weighted by atomic mass is 35.5. The molecule has 2 heterocycles. The SMILES string of the molecule is CN(C(=O)CSc1nc2ccccc2c(=O)n1-c1cccc(Cl)c1)[C@@H]1CCS(=O)(=O)C1. The number of carbonyl (C=O) groups is 1. The van der Waals surface area contributed by atoms with Crippen LogP contribution in [-0.4, -0.2) is 59.1 Å². The Balaban J connectivity index is 1.66. The molecule has 3 aromatic rings. The summed E-state index contributed by atoms with van der Waals surface area (Å²) in [4.78, 5) is 32.1. The van der Waals surface area contributed by atoms with E-state index < -0.39 is 9.84 Å². The van der Waals surface area contributed by atoms with Crippen molar-refractivity contribution in [1.29, 1.82) is 0 Å². The van der Waals surface area contributed by atoms with Crippen LogP contribution in [0.25, 0.3) is 16.6 Å². The van der Waals surface area contributed by atoms with Crippen LogP contribution in [0.3, 0.4) is 0 Å². The molecule has 7 nitrogen and oxygen atoms in total. The normalized spacial score (nSPS) is 17.7. The van der Waals surface area contributed by atoms with Crippen LogP contribution in [0.1, 0.15) is 6.42 Å². The predicted molar refractivity (Wildman–Crippen MR) is 123 cm³/mol. The van der Waals surface area contributed by atoms with Crippen molar-refractivity contribution < 1.29 is 13.2 Å². The first-order valence-electron chi connectivity index (χ1n) is 9.62. The molecule has 1 saturated heterocycles. The van der Waals surface area contributed by atoms with Crippen LogP contribution in [-0.2, 0) is 14.6 Å². The number of thioether (sulfide) groups is 1. The second-order valence-corrected chi connectivity index (χ2v) is 11.0. The molecule has 10 heteroatoms. The number of rotatable bonds is 5.